The van der Waals surface area contributed by atoms with Gasteiger partial charge in [-0.1, -0.05) is 13.8 Å². The molecule has 0 aromatic carbocycles. The summed E-state index contributed by atoms with van der Waals surface area (Å²) in [5, 5.41) is 3.28. The topological polar surface area (TPSA) is 85.4 Å². The third-order valence-electron chi connectivity index (χ3n) is 7.18. The summed E-state index contributed by atoms with van der Waals surface area (Å²) in [6.45, 7) is 11.9. The van der Waals surface area contributed by atoms with Gasteiger partial charge in [0.2, 0.25) is 17.7 Å². The smallest absolute Gasteiger partial charge is 0.245 e. The number of hydrogen-bond donors (Lipinski definition) is 1. The van der Waals surface area contributed by atoms with Crippen LogP contribution in [0.5, 0.6) is 0 Å². The van der Waals surface area contributed by atoms with Gasteiger partial charge in [0.05, 0.1) is 19.3 Å². The highest BCUT2D eigenvalue weighted by atomic mass is 16.5. The van der Waals surface area contributed by atoms with Crippen molar-refractivity contribution in [2.24, 2.45) is 11.8 Å². The zero-order chi connectivity index (χ0) is 22.7. The van der Waals surface area contributed by atoms with Crippen molar-refractivity contribution in [1.29, 1.82) is 0 Å². The molecule has 0 radical (unpaired) electrons. The van der Waals surface area contributed by atoms with Crippen LogP contribution >= 0.6 is 0 Å². The number of piperazine rings is 1. The van der Waals surface area contributed by atoms with E-state index in [-0.39, 0.29) is 35.6 Å². The van der Waals surface area contributed by atoms with Gasteiger partial charge in [0.15, 0.2) is 0 Å². The lowest BCUT2D eigenvalue weighted by Crippen LogP contribution is -2.53. The minimum atomic E-state index is -0.447. The predicted molar refractivity (Wildman–Crippen MR) is 120 cm³/mol. The van der Waals surface area contributed by atoms with Crippen LogP contribution in [-0.2, 0) is 19.1 Å². The lowest BCUT2D eigenvalue weighted by Gasteiger charge is -2.34. The zero-order valence-electron chi connectivity index (χ0n) is 19.6. The molecule has 9 heteroatoms. The maximum absolute atomic E-state index is 13.4. The lowest BCUT2D eigenvalue weighted by atomic mass is 10.1. The van der Waals surface area contributed by atoms with E-state index in [0.29, 0.717) is 32.6 Å². The van der Waals surface area contributed by atoms with E-state index in [2.05, 4.69) is 10.2 Å². The Morgan fingerprint density at radius 1 is 1.03 bits per heavy atom. The van der Waals surface area contributed by atoms with Gasteiger partial charge in [0.1, 0.15) is 6.04 Å². The van der Waals surface area contributed by atoms with Gasteiger partial charge in [-0.25, -0.2) is 0 Å². The summed E-state index contributed by atoms with van der Waals surface area (Å²) in [6, 6.07) is -0.553. The number of carbonyl (C=O) groups excluding carboxylic acids is 3. The Bertz CT molecular complexity index is 686. The molecule has 2 unspecified atom stereocenters. The highest BCUT2D eigenvalue weighted by Gasteiger charge is 2.47. The van der Waals surface area contributed by atoms with Gasteiger partial charge >= 0.3 is 0 Å². The van der Waals surface area contributed by atoms with Gasteiger partial charge < -0.3 is 24.8 Å². The van der Waals surface area contributed by atoms with Crippen LogP contribution in [0.1, 0.15) is 33.1 Å². The first-order valence-electron chi connectivity index (χ1n) is 12.4. The van der Waals surface area contributed by atoms with Gasteiger partial charge in [-0.15, -0.1) is 0 Å². The molecule has 4 aliphatic rings. The minimum absolute atomic E-state index is 0.0492. The summed E-state index contributed by atoms with van der Waals surface area (Å²) in [7, 11) is 0. The standard InChI is InChI=1S/C23H39N5O4/c1-17(2)21(29)27(10-9-25-11-13-32-14-12-25)19-15-20(23(31)26-7-5-24-6-8-26)28(16-19)22(30)18-3-4-18/h17-20,24H,3-16H2,1-2H3. The zero-order valence-corrected chi connectivity index (χ0v) is 19.6. The molecular formula is C23H39N5O4. The van der Waals surface area contributed by atoms with Crippen molar-refractivity contribution in [2.45, 2.75) is 45.2 Å². The molecule has 9 nitrogen and oxygen atoms in total. The Balaban J connectivity index is 1.48. The van der Waals surface area contributed by atoms with Crippen molar-refractivity contribution < 1.29 is 19.1 Å². The van der Waals surface area contributed by atoms with Crippen LogP contribution in [0.25, 0.3) is 0 Å². The van der Waals surface area contributed by atoms with Crippen LogP contribution < -0.4 is 5.32 Å². The van der Waals surface area contributed by atoms with Crippen molar-refractivity contribution in [3.8, 4) is 0 Å². The average Bonchev–Trinajstić information content (AvgIpc) is 3.58. The Morgan fingerprint density at radius 3 is 2.34 bits per heavy atom. The summed E-state index contributed by atoms with van der Waals surface area (Å²) in [6.07, 6.45) is 2.38. The van der Waals surface area contributed by atoms with E-state index < -0.39 is 6.04 Å². The molecule has 1 aliphatic carbocycles. The minimum Gasteiger partial charge on any atom is -0.379 e. The normalized spacial score (nSPS) is 27.1. The number of likely N-dealkylation sites (tertiary alicyclic amines) is 1. The SMILES string of the molecule is CC(C)C(=O)N(CCN1CCOCC1)C1CC(C(=O)N2CCNCC2)N(C(=O)C2CC2)C1. The van der Waals surface area contributed by atoms with Gasteiger partial charge in [-0.2, -0.15) is 0 Å². The fourth-order valence-corrected chi connectivity index (χ4v) is 5.06. The van der Waals surface area contributed by atoms with Gasteiger partial charge in [0, 0.05) is 70.7 Å². The number of amides is 3. The van der Waals surface area contributed by atoms with Gasteiger partial charge in [-0.3, -0.25) is 19.3 Å². The number of ether oxygens (including phenoxy) is 1. The fraction of sp³-hybridized carbons (Fsp3) is 0.870. The number of rotatable bonds is 7. The molecule has 3 amide bonds. The Hall–Kier alpha value is -1.71. The Morgan fingerprint density at radius 2 is 1.72 bits per heavy atom. The van der Waals surface area contributed by atoms with E-state index in [1.807, 2.05) is 28.5 Å². The predicted octanol–water partition coefficient (Wildman–Crippen LogP) is -0.385. The Kier molecular flexibility index (Phi) is 7.68. The molecule has 1 saturated carbocycles. The van der Waals surface area contributed by atoms with Gasteiger partial charge in [-0.05, 0) is 19.3 Å². The van der Waals surface area contributed by atoms with Crippen LogP contribution in [0.2, 0.25) is 0 Å². The van der Waals surface area contributed by atoms with Crippen LogP contribution in [0.3, 0.4) is 0 Å². The molecule has 0 aromatic heterocycles. The number of hydrogen-bond acceptors (Lipinski definition) is 6. The molecule has 4 rings (SSSR count). The maximum Gasteiger partial charge on any atom is 0.245 e. The maximum atomic E-state index is 13.4. The highest BCUT2D eigenvalue weighted by Crippen LogP contribution is 2.35. The molecule has 32 heavy (non-hydrogen) atoms. The number of morpholine rings is 1. The third-order valence-corrected chi connectivity index (χ3v) is 7.18. The second kappa shape index (κ2) is 10.5. The Labute approximate surface area is 191 Å². The molecule has 1 N–H and O–H groups in total. The molecule has 0 bridgehead atoms. The van der Waals surface area contributed by atoms with Crippen LogP contribution in [-0.4, -0.2) is 122 Å². The highest BCUT2D eigenvalue weighted by molar-refractivity contribution is 5.90. The second-order valence-electron chi connectivity index (χ2n) is 9.89. The molecule has 3 aliphatic heterocycles. The van der Waals surface area contributed by atoms with Crippen molar-refractivity contribution in [2.75, 3.05) is 72.1 Å². The van der Waals surface area contributed by atoms with E-state index in [4.69, 9.17) is 4.74 Å². The molecule has 3 saturated heterocycles. The van der Waals surface area contributed by atoms with Crippen molar-refractivity contribution in [1.82, 2.24) is 24.9 Å². The van der Waals surface area contributed by atoms with E-state index >= 15 is 0 Å². The molecule has 0 aromatic rings. The molecular weight excluding hydrogens is 410 g/mol. The first-order valence-corrected chi connectivity index (χ1v) is 12.4. The summed E-state index contributed by atoms with van der Waals surface area (Å²) >= 11 is 0. The van der Waals surface area contributed by atoms with Crippen molar-refractivity contribution >= 4 is 17.7 Å². The van der Waals surface area contributed by atoms with Crippen molar-refractivity contribution in [3.05, 3.63) is 0 Å². The number of nitrogens with one attached hydrogen (secondary N) is 1. The summed E-state index contributed by atoms with van der Waals surface area (Å²) in [5.74, 6) is 0.210. The molecule has 0 spiro atoms. The first kappa shape index (κ1) is 23.4. The van der Waals surface area contributed by atoms with Crippen LogP contribution in [0.15, 0.2) is 0 Å². The first-order chi connectivity index (χ1) is 15.5. The van der Waals surface area contributed by atoms with E-state index in [1.165, 1.54) is 0 Å². The van der Waals surface area contributed by atoms with Crippen LogP contribution in [0, 0.1) is 11.8 Å². The lowest BCUT2D eigenvalue weighted by molar-refractivity contribution is -0.144. The van der Waals surface area contributed by atoms with E-state index in [1.54, 1.807) is 0 Å². The second-order valence-corrected chi connectivity index (χ2v) is 9.89. The quantitative estimate of drug-likeness (QED) is 0.570. The van der Waals surface area contributed by atoms with E-state index in [9.17, 15) is 14.4 Å². The fourth-order valence-electron chi connectivity index (χ4n) is 5.06. The number of nitrogens with zero attached hydrogens (tertiary/aromatic N) is 4. The molecule has 180 valence electrons. The monoisotopic (exact) mass is 449 g/mol. The van der Waals surface area contributed by atoms with Crippen LogP contribution in [0.4, 0.5) is 0 Å². The summed E-state index contributed by atoms with van der Waals surface area (Å²) < 4.78 is 5.45. The number of carbonyl (C=O) groups is 3. The summed E-state index contributed by atoms with van der Waals surface area (Å²) in [5.41, 5.74) is 0. The average molecular weight is 450 g/mol. The summed E-state index contributed by atoms with van der Waals surface area (Å²) in [4.78, 5) is 47.7. The molecule has 2 atom stereocenters. The van der Waals surface area contributed by atoms with Gasteiger partial charge in [0.25, 0.3) is 0 Å². The molecule has 3 heterocycles. The van der Waals surface area contributed by atoms with Crippen molar-refractivity contribution in [3.63, 3.8) is 0 Å². The largest absolute Gasteiger partial charge is 0.379 e. The van der Waals surface area contributed by atoms with E-state index in [0.717, 1.165) is 58.8 Å². The third kappa shape index (κ3) is 5.43. The molecule has 4 fully saturated rings.